The Morgan fingerprint density at radius 3 is 2.71 bits per heavy atom. The van der Waals surface area contributed by atoms with Gasteiger partial charge in [0.1, 0.15) is 10.8 Å². The van der Waals surface area contributed by atoms with Gasteiger partial charge in [0.25, 0.3) is 0 Å². The summed E-state index contributed by atoms with van der Waals surface area (Å²) in [5.41, 5.74) is 3.10. The molecular formula is C20H24N4O2S2. The molecule has 1 aliphatic rings. The molecule has 148 valence electrons. The average Bonchev–Trinajstić information content (AvgIpc) is 3.25. The molecule has 1 amide bonds. The zero-order chi connectivity index (χ0) is 19.5. The SMILES string of the molecule is Cc1noc(C)c1CSCC(=O)N1CCN(Cc2nc3ccccc3s2)CC1. The van der Waals surface area contributed by atoms with Crippen molar-refractivity contribution >= 4 is 39.2 Å². The van der Waals surface area contributed by atoms with Crippen molar-refractivity contribution in [3.63, 3.8) is 0 Å². The first-order valence-electron chi connectivity index (χ1n) is 9.44. The van der Waals surface area contributed by atoms with Gasteiger partial charge >= 0.3 is 0 Å². The number of nitrogens with zero attached hydrogens (tertiary/aromatic N) is 4. The molecule has 1 saturated heterocycles. The van der Waals surface area contributed by atoms with E-state index in [-0.39, 0.29) is 5.91 Å². The van der Waals surface area contributed by atoms with Crippen LogP contribution in [0.3, 0.4) is 0 Å². The summed E-state index contributed by atoms with van der Waals surface area (Å²) >= 11 is 3.39. The Bertz CT molecular complexity index is 908. The first kappa shape index (κ1) is 19.4. The van der Waals surface area contributed by atoms with Crippen LogP contribution in [-0.4, -0.2) is 57.8 Å². The second-order valence-corrected chi connectivity index (χ2v) is 9.13. The van der Waals surface area contributed by atoms with Crippen molar-refractivity contribution in [3.05, 3.63) is 46.3 Å². The molecule has 1 aliphatic heterocycles. The number of benzene rings is 1. The smallest absolute Gasteiger partial charge is 0.232 e. The number of aryl methyl sites for hydroxylation is 2. The number of thiazole rings is 1. The number of thioether (sulfide) groups is 1. The maximum absolute atomic E-state index is 12.5. The van der Waals surface area contributed by atoms with E-state index in [0.29, 0.717) is 5.75 Å². The molecule has 3 aromatic rings. The van der Waals surface area contributed by atoms with Crippen LogP contribution in [0.25, 0.3) is 10.2 Å². The summed E-state index contributed by atoms with van der Waals surface area (Å²) in [7, 11) is 0. The van der Waals surface area contributed by atoms with E-state index in [1.165, 1.54) is 4.70 Å². The third kappa shape index (κ3) is 4.39. The third-order valence-electron chi connectivity index (χ3n) is 5.08. The van der Waals surface area contributed by atoms with Crippen LogP contribution in [0.5, 0.6) is 0 Å². The summed E-state index contributed by atoms with van der Waals surface area (Å²) in [5, 5.41) is 5.12. The van der Waals surface area contributed by atoms with Crippen molar-refractivity contribution in [2.45, 2.75) is 26.1 Å². The molecule has 0 atom stereocenters. The Morgan fingerprint density at radius 2 is 2.00 bits per heavy atom. The van der Waals surface area contributed by atoms with Crippen molar-refractivity contribution in [3.8, 4) is 0 Å². The van der Waals surface area contributed by atoms with E-state index in [0.717, 1.165) is 66.0 Å². The number of hydrogen-bond acceptors (Lipinski definition) is 7. The number of piperazine rings is 1. The summed E-state index contributed by atoms with van der Waals surface area (Å²) < 4.78 is 6.42. The fourth-order valence-electron chi connectivity index (χ4n) is 3.37. The van der Waals surface area contributed by atoms with Crippen LogP contribution in [0.15, 0.2) is 28.8 Å². The molecule has 0 saturated carbocycles. The van der Waals surface area contributed by atoms with Crippen molar-refractivity contribution < 1.29 is 9.32 Å². The van der Waals surface area contributed by atoms with E-state index in [4.69, 9.17) is 9.51 Å². The minimum Gasteiger partial charge on any atom is -0.361 e. The highest BCUT2D eigenvalue weighted by atomic mass is 32.2. The zero-order valence-corrected chi connectivity index (χ0v) is 17.8. The predicted molar refractivity (Wildman–Crippen MR) is 114 cm³/mol. The summed E-state index contributed by atoms with van der Waals surface area (Å²) in [6.07, 6.45) is 0. The summed E-state index contributed by atoms with van der Waals surface area (Å²) in [6.45, 7) is 8.10. The minimum absolute atomic E-state index is 0.219. The second kappa shape index (κ2) is 8.63. The highest BCUT2D eigenvalue weighted by Gasteiger charge is 2.22. The topological polar surface area (TPSA) is 62.5 Å². The van der Waals surface area contributed by atoms with E-state index >= 15 is 0 Å². The molecular weight excluding hydrogens is 392 g/mol. The summed E-state index contributed by atoms with van der Waals surface area (Å²) in [5.74, 6) is 2.34. The van der Waals surface area contributed by atoms with Gasteiger partial charge in [0.05, 0.1) is 28.2 Å². The maximum atomic E-state index is 12.5. The molecule has 0 unspecified atom stereocenters. The number of fused-ring (bicyclic) bond motifs is 1. The molecule has 1 aromatic carbocycles. The predicted octanol–water partition coefficient (Wildman–Crippen LogP) is 3.48. The Labute approximate surface area is 172 Å². The fourth-order valence-corrected chi connectivity index (χ4v) is 5.46. The molecule has 6 nitrogen and oxygen atoms in total. The number of aromatic nitrogens is 2. The summed E-state index contributed by atoms with van der Waals surface area (Å²) in [4.78, 5) is 21.6. The fraction of sp³-hybridized carbons (Fsp3) is 0.450. The van der Waals surface area contributed by atoms with Crippen LogP contribution in [0.4, 0.5) is 0 Å². The monoisotopic (exact) mass is 416 g/mol. The molecule has 1 fully saturated rings. The van der Waals surface area contributed by atoms with Crippen molar-refractivity contribution in [1.29, 1.82) is 0 Å². The Hall–Kier alpha value is -1.90. The number of para-hydroxylation sites is 1. The number of carbonyl (C=O) groups is 1. The van der Waals surface area contributed by atoms with Gasteiger partial charge in [-0.25, -0.2) is 4.98 Å². The van der Waals surface area contributed by atoms with E-state index in [1.54, 1.807) is 23.1 Å². The molecule has 0 spiro atoms. The van der Waals surface area contributed by atoms with Crippen LogP contribution < -0.4 is 0 Å². The number of rotatable bonds is 6. The highest BCUT2D eigenvalue weighted by Crippen LogP contribution is 2.23. The van der Waals surface area contributed by atoms with Gasteiger partial charge in [-0.3, -0.25) is 9.69 Å². The molecule has 8 heteroatoms. The maximum Gasteiger partial charge on any atom is 0.232 e. The quantitative estimate of drug-likeness (QED) is 0.613. The first-order valence-corrected chi connectivity index (χ1v) is 11.4. The van der Waals surface area contributed by atoms with E-state index in [1.807, 2.05) is 24.8 Å². The zero-order valence-electron chi connectivity index (χ0n) is 16.2. The number of carbonyl (C=O) groups excluding carboxylic acids is 1. The van der Waals surface area contributed by atoms with Gasteiger partial charge < -0.3 is 9.42 Å². The minimum atomic E-state index is 0.219. The van der Waals surface area contributed by atoms with Gasteiger partial charge in [0.2, 0.25) is 5.91 Å². The lowest BCUT2D eigenvalue weighted by molar-refractivity contribution is -0.130. The lowest BCUT2D eigenvalue weighted by Gasteiger charge is -2.34. The van der Waals surface area contributed by atoms with Gasteiger partial charge in [-0.2, -0.15) is 0 Å². The molecule has 0 aliphatic carbocycles. The standard InChI is InChI=1S/C20H24N4O2S2/c1-14-16(15(2)26-22-14)12-27-13-20(25)24-9-7-23(8-10-24)11-19-21-17-5-3-4-6-18(17)28-19/h3-6H,7-13H2,1-2H3. The molecule has 4 rings (SSSR count). The molecule has 0 N–H and O–H groups in total. The van der Waals surface area contributed by atoms with Crippen LogP contribution in [-0.2, 0) is 17.1 Å². The molecule has 2 aromatic heterocycles. The first-order chi connectivity index (χ1) is 13.6. The normalized spacial score (nSPS) is 15.4. The largest absolute Gasteiger partial charge is 0.361 e. The van der Waals surface area contributed by atoms with Gasteiger partial charge in [-0.15, -0.1) is 23.1 Å². The number of amides is 1. The number of hydrogen-bond donors (Lipinski definition) is 0. The lowest BCUT2D eigenvalue weighted by Crippen LogP contribution is -2.48. The average molecular weight is 417 g/mol. The van der Waals surface area contributed by atoms with Crippen molar-refractivity contribution in [2.75, 3.05) is 31.9 Å². The molecule has 28 heavy (non-hydrogen) atoms. The van der Waals surface area contributed by atoms with E-state index in [2.05, 4.69) is 28.3 Å². The highest BCUT2D eigenvalue weighted by molar-refractivity contribution is 7.99. The second-order valence-electron chi connectivity index (χ2n) is 7.03. The van der Waals surface area contributed by atoms with Crippen LogP contribution in [0, 0.1) is 13.8 Å². The Morgan fingerprint density at radius 1 is 1.21 bits per heavy atom. The van der Waals surface area contributed by atoms with Crippen molar-refractivity contribution in [1.82, 2.24) is 19.9 Å². The molecule has 0 radical (unpaired) electrons. The third-order valence-corrected chi connectivity index (χ3v) is 7.04. The van der Waals surface area contributed by atoms with Gasteiger partial charge in [0, 0.05) is 37.5 Å². The van der Waals surface area contributed by atoms with Crippen LogP contribution in [0.2, 0.25) is 0 Å². The molecule has 3 heterocycles. The van der Waals surface area contributed by atoms with Crippen molar-refractivity contribution in [2.24, 2.45) is 0 Å². The van der Waals surface area contributed by atoms with Gasteiger partial charge in [-0.05, 0) is 26.0 Å². The van der Waals surface area contributed by atoms with Gasteiger partial charge in [-0.1, -0.05) is 17.3 Å². The summed E-state index contributed by atoms with van der Waals surface area (Å²) in [6, 6.07) is 8.26. The van der Waals surface area contributed by atoms with E-state index in [9.17, 15) is 4.79 Å². The molecule has 0 bridgehead atoms. The Kier molecular flexibility index (Phi) is 5.99. The van der Waals surface area contributed by atoms with Crippen LogP contribution >= 0.6 is 23.1 Å². The lowest BCUT2D eigenvalue weighted by atomic mass is 10.2. The van der Waals surface area contributed by atoms with Gasteiger partial charge in [0.15, 0.2) is 0 Å². The van der Waals surface area contributed by atoms with E-state index < -0.39 is 0 Å². The Balaban J connectivity index is 1.22. The van der Waals surface area contributed by atoms with Crippen LogP contribution in [0.1, 0.15) is 22.0 Å².